The van der Waals surface area contributed by atoms with Crippen molar-refractivity contribution >= 4 is 5.82 Å². The second-order valence-electron chi connectivity index (χ2n) is 4.55. The predicted molar refractivity (Wildman–Crippen MR) is 79.0 cm³/mol. The van der Waals surface area contributed by atoms with Gasteiger partial charge < -0.3 is 10.2 Å². The molecule has 0 saturated heterocycles. The molecule has 5 nitrogen and oxygen atoms in total. The first-order valence-electron chi connectivity index (χ1n) is 6.38. The van der Waals surface area contributed by atoms with Crippen molar-refractivity contribution in [2.24, 2.45) is 0 Å². The number of nitrogens with zero attached hydrogens (tertiary/aromatic N) is 3. The molecule has 3 aromatic heterocycles. The molecule has 0 atom stereocenters. The van der Waals surface area contributed by atoms with Crippen molar-refractivity contribution in [3.05, 3.63) is 53.9 Å². The minimum absolute atomic E-state index is 0.171. The predicted octanol–water partition coefficient (Wildman–Crippen LogP) is 3.17. The van der Waals surface area contributed by atoms with Crippen molar-refractivity contribution in [3.63, 3.8) is 0 Å². The summed E-state index contributed by atoms with van der Waals surface area (Å²) in [5.41, 5.74) is 8.14. The molecule has 0 bridgehead atoms. The largest absolute Gasteiger partial charge is 0.461 e. The molecule has 102 valence electrons. The lowest BCUT2D eigenvalue weighted by Gasteiger charge is -2.07. The fourth-order valence-electron chi connectivity index (χ4n) is 2.10. The molecule has 0 aliphatic heterocycles. The maximum atomic E-state index is 9.30. The Bertz CT molecular complexity index is 831. The number of nitrogens with two attached hydrogens (primary N) is 1. The van der Waals surface area contributed by atoms with E-state index < -0.39 is 0 Å². The van der Waals surface area contributed by atoms with Crippen LogP contribution >= 0.6 is 0 Å². The number of rotatable bonds is 2. The third-order valence-electron chi connectivity index (χ3n) is 3.09. The van der Waals surface area contributed by atoms with E-state index in [9.17, 15) is 5.26 Å². The first kappa shape index (κ1) is 12.9. The third-order valence-corrected chi connectivity index (χ3v) is 3.09. The standard InChI is InChI=1S/C16H12N4O/c1-10-5-6-15(21-10)11-8-14(13-4-2-3-7-19-13)20-16(18)12(11)9-17/h2-8H,1H3,(H2,18,20). The van der Waals surface area contributed by atoms with Crippen molar-refractivity contribution in [2.45, 2.75) is 6.92 Å². The van der Waals surface area contributed by atoms with Crippen LogP contribution in [-0.2, 0) is 0 Å². The van der Waals surface area contributed by atoms with Crippen molar-refractivity contribution in [1.82, 2.24) is 9.97 Å². The van der Waals surface area contributed by atoms with Crippen molar-refractivity contribution < 1.29 is 4.42 Å². The summed E-state index contributed by atoms with van der Waals surface area (Å²) in [6.07, 6.45) is 1.68. The van der Waals surface area contributed by atoms with Gasteiger partial charge in [-0.3, -0.25) is 4.98 Å². The molecule has 0 fully saturated rings. The average Bonchev–Trinajstić information content (AvgIpc) is 2.94. The Hall–Kier alpha value is -3.13. The van der Waals surface area contributed by atoms with E-state index in [2.05, 4.69) is 16.0 Å². The normalized spacial score (nSPS) is 10.3. The Kier molecular flexibility index (Phi) is 3.13. The van der Waals surface area contributed by atoms with E-state index in [1.54, 1.807) is 12.3 Å². The van der Waals surface area contributed by atoms with Crippen LogP contribution < -0.4 is 5.73 Å². The van der Waals surface area contributed by atoms with Crippen molar-refractivity contribution in [1.29, 1.82) is 5.26 Å². The Morgan fingerprint density at radius 1 is 1.19 bits per heavy atom. The van der Waals surface area contributed by atoms with E-state index in [4.69, 9.17) is 10.2 Å². The Labute approximate surface area is 121 Å². The van der Waals surface area contributed by atoms with Gasteiger partial charge in [-0.15, -0.1) is 0 Å². The number of nitriles is 1. The van der Waals surface area contributed by atoms with Crippen molar-refractivity contribution in [3.8, 4) is 28.8 Å². The first-order valence-corrected chi connectivity index (χ1v) is 6.38. The Balaban J connectivity index is 2.23. The summed E-state index contributed by atoms with van der Waals surface area (Å²) < 4.78 is 5.60. The lowest BCUT2D eigenvalue weighted by Crippen LogP contribution is -2.00. The highest BCUT2D eigenvalue weighted by atomic mass is 16.3. The highest BCUT2D eigenvalue weighted by Crippen LogP contribution is 2.31. The van der Waals surface area contributed by atoms with Gasteiger partial charge in [0.25, 0.3) is 0 Å². The van der Waals surface area contributed by atoms with Crippen LogP contribution in [0.2, 0.25) is 0 Å². The van der Waals surface area contributed by atoms with E-state index in [0.717, 1.165) is 5.76 Å². The van der Waals surface area contributed by atoms with E-state index in [-0.39, 0.29) is 5.82 Å². The molecule has 0 spiro atoms. The molecule has 0 aliphatic carbocycles. The molecular formula is C16H12N4O. The quantitative estimate of drug-likeness (QED) is 0.776. The molecule has 3 heterocycles. The highest BCUT2D eigenvalue weighted by Gasteiger charge is 2.16. The molecule has 3 rings (SSSR count). The number of pyridine rings is 2. The Morgan fingerprint density at radius 3 is 2.67 bits per heavy atom. The summed E-state index contributed by atoms with van der Waals surface area (Å²) in [6.45, 7) is 1.85. The molecule has 0 amide bonds. The monoisotopic (exact) mass is 276 g/mol. The van der Waals surface area contributed by atoms with Crippen LogP contribution in [0, 0.1) is 18.3 Å². The zero-order valence-corrected chi connectivity index (χ0v) is 11.4. The maximum absolute atomic E-state index is 9.30. The summed E-state index contributed by atoms with van der Waals surface area (Å²) >= 11 is 0. The third kappa shape index (κ3) is 2.35. The van der Waals surface area contributed by atoms with Gasteiger partial charge >= 0.3 is 0 Å². The number of hydrogen-bond donors (Lipinski definition) is 1. The van der Waals surface area contributed by atoms with E-state index in [1.807, 2.05) is 37.3 Å². The van der Waals surface area contributed by atoms with E-state index >= 15 is 0 Å². The molecule has 3 aromatic rings. The van der Waals surface area contributed by atoms with Gasteiger partial charge in [0.15, 0.2) is 0 Å². The number of aryl methyl sites for hydroxylation is 1. The average molecular weight is 276 g/mol. The molecular weight excluding hydrogens is 264 g/mol. The van der Waals surface area contributed by atoms with E-state index in [0.29, 0.717) is 28.3 Å². The van der Waals surface area contributed by atoms with Gasteiger partial charge in [-0.05, 0) is 37.3 Å². The minimum atomic E-state index is 0.171. The molecule has 0 radical (unpaired) electrons. The van der Waals surface area contributed by atoms with Gasteiger partial charge in [0.05, 0.1) is 11.4 Å². The minimum Gasteiger partial charge on any atom is -0.461 e. The fraction of sp³-hybridized carbons (Fsp3) is 0.0625. The van der Waals surface area contributed by atoms with Gasteiger partial charge in [0.2, 0.25) is 0 Å². The van der Waals surface area contributed by atoms with Crippen molar-refractivity contribution in [2.75, 3.05) is 5.73 Å². The Morgan fingerprint density at radius 2 is 2.05 bits per heavy atom. The van der Waals surface area contributed by atoms with Gasteiger partial charge in [-0.2, -0.15) is 5.26 Å². The summed E-state index contributed by atoms with van der Waals surface area (Å²) in [4.78, 5) is 8.51. The number of aromatic nitrogens is 2. The van der Waals surface area contributed by atoms with Crippen LogP contribution in [0.25, 0.3) is 22.7 Å². The van der Waals surface area contributed by atoms with Crippen LogP contribution in [0.5, 0.6) is 0 Å². The summed E-state index contributed by atoms with van der Waals surface area (Å²) in [7, 11) is 0. The van der Waals surface area contributed by atoms with Gasteiger partial charge in [0.1, 0.15) is 29.0 Å². The topological polar surface area (TPSA) is 88.7 Å². The van der Waals surface area contributed by atoms with Gasteiger partial charge in [-0.1, -0.05) is 6.07 Å². The highest BCUT2D eigenvalue weighted by molar-refractivity contribution is 5.77. The van der Waals surface area contributed by atoms with Crippen LogP contribution in [0.1, 0.15) is 11.3 Å². The summed E-state index contributed by atoms with van der Waals surface area (Å²) in [5.74, 6) is 1.53. The molecule has 5 heteroatoms. The maximum Gasteiger partial charge on any atom is 0.142 e. The lowest BCUT2D eigenvalue weighted by molar-refractivity contribution is 0.548. The number of nitrogen functional groups attached to an aromatic ring is 1. The van der Waals surface area contributed by atoms with Crippen LogP contribution in [-0.4, -0.2) is 9.97 Å². The molecule has 0 saturated carbocycles. The van der Waals surface area contributed by atoms with E-state index in [1.165, 1.54) is 0 Å². The number of hydrogen-bond acceptors (Lipinski definition) is 5. The smallest absolute Gasteiger partial charge is 0.142 e. The van der Waals surface area contributed by atoms with Crippen LogP contribution in [0.15, 0.2) is 47.0 Å². The SMILES string of the molecule is Cc1ccc(-c2cc(-c3ccccn3)nc(N)c2C#N)o1. The molecule has 0 unspecified atom stereocenters. The number of furan rings is 1. The van der Waals surface area contributed by atoms with Crippen LogP contribution in [0.4, 0.5) is 5.82 Å². The van der Waals surface area contributed by atoms with Gasteiger partial charge in [0, 0.05) is 11.8 Å². The van der Waals surface area contributed by atoms with Crippen LogP contribution in [0.3, 0.4) is 0 Å². The number of anilines is 1. The zero-order valence-electron chi connectivity index (χ0n) is 11.4. The molecule has 0 aliphatic rings. The second-order valence-corrected chi connectivity index (χ2v) is 4.55. The molecule has 2 N–H and O–H groups in total. The van der Waals surface area contributed by atoms with Gasteiger partial charge in [-0.25, -0.2) is 4.98 Å². The first-order chi connectivity index (χ1) is 10.2. The molecule has 21 heavy (non-hydrogen) atoms. The summed E-state index contributed by atoms with van der Waals surface area (Å²) in [6, 6.07) is 13.0. The second kappa shape index (κ2) is 5.10. The lowest BCUT2D eigenvalue weighted by atomic mass is 10.1. The fourth-order valence-corrected chi connectivity index (χ4v) is 2.10. The zero-order chi connectivity index (χ0) is 14.8. The summed E-state index contributed by atoms with van der Waals surface area (Å²) in [5, 5.41) is 9.30. The molecule has 0 aromatic carbocycles.